The molecule has 0 aliphatic carbocycles. The van der Waals surface area contributed by atoms with E-state index in [0.29, 0.717) is 11.5 Å². The van der Waals surface area contributed by atoms with E-state index in [1.54, 1.807) is 36.7 Å². The van der Waals surface area contributed by atoms with Gasteiger partial charge in [0, 0.05) is 12.4 Å². The van der Waals surface area contributed by atoms with Gasteiger partial charge < -0.3 is 10.6 Å². The number of aromatic nitrogens is 3. The molecule has 0 aliphatic rings. The van der Waals surface area contributed by atoms with E-state index >= 15 is 0 Å². The number of imidazole rings is 1. The lowest BCUT2D eigenvalue weighted by atomic mass is 10.3. The van der Waals surface area contributed by atoms with Crippen molar-refractivity contribution in [3.8, 4) is 5.82 Å². The summed E-state index contributed by atoms with van der Waals surface area (Å²) >= 11 is 0. The zero-order valence-corrected chi connectivity index (χ0v) is 12.3. The largest absolute Gasteiger partial charge is 0.323 e. The maximum absolute atomic E-state index is 13.5. The van der Waals surface area contributed by atoms with Gasteiger partial charge >= 0.3 is 6.03 Å². The van der Waals surface area contributed by atoms with Gasteiger partial charge in [0.05, 0.1) is 17.6 Å². The summed E-state index contributed by atoms with van der Waals surface area (Å²) in [6.07, 6.45) is 5.01. The molecule has 23 heavy (non-hydrogen) atoms. The number of hydrogen-bond acceptors (Lipinski definition) is 3. The molecule has 7 heteroatoms. The summed E-state index contributed by atoms with van der Waals surface area (Å²) in [5, 5.41) is 5.04. The maximum Gasteiger partial charge on any atom is 0.323 e. The number of benzene rings is 1. The number of pyridine rings is 1. The molecule has 0 saturated heterocycles. The quantitative estimate of drug-likeness (QED) is 0.779. The van der Waals surface area contributed by atoms with Crippen LogP contribution < -0.4 is 10.6 Å². The molecule has 0 radical (unpaired) electrons. The smallest absolute Gasteiger partial charge is 0.306 e. The Bertz CT molecular complexity index is 828. The third kappa shape index (κ3) is 3.34. The van der Waals surface area contributed by atoms with Crippen molar-refractivity contribution in [3.05, 3.63) is 66.6 Å². The Hall–Kier alpha value is -3.22. The van der Waals surface area contributed by atoms with Gasteiger partial charge in [-0.15, -0.1) is 0 Å². The van der Waals surface area contributed by atoms with Crippen LogP contribution in [0.1, 0.15) is 5.82 Å². The van der Waals surface area contributed by atoms with Crippen molar-refractivity contribution in [2.75, 3.05) is 10.6 Å². The summed E-state index contributed by atoms with van der Waals surface area (Å²) in [7, 11) is 0. The van der Waals surface area contributed by atoms with Crippen LogP contribution in [-0.2, 0) is 0 Å². The van der Waals surface area contributed by atoms with E-state index in [0.717, 1.165) is 5.82 Å². The van der Waals surface area contributed by atoms with E-state index in [1.807, 2.05) is 11.5 Å². The lowest BCUT2D eigenvalue weighted by molar-refractivity contribution is 0.262. The molecule has 0 unspecified atom stereocenters. The third-order valence-corrected chi connectivity index (χ3v) is 3.20. The highest BCUT2D eigenvalue weighted by Crippen LogP contribution is 2.14. The number of halogens is 1. The molecule has 3 rings (SSSR count). The average Bonchev–Trinajstić information content (AvgIpc) is 2.96. The Kier molecular flexibility index (Phi) is 4.01. The number of rotatable bonds is 3. The summed E-state index contributed by atoms with van der Waals surface area (Å²) < 4.78 is 15.3. The van der Waals surface area contributed by atoms with E-state index in [9.17, 15) is 9.18 Å². The zero-order valence-electron chi connectivity index (χ0n) is 12.3. The number of urea groups is 1. The van der Waals surface area contributed by atoms with Crippen LogP contribution in [0, 0.1) is 12.7 Å². The molecule has 0 aliphatic heterocycles. The molecule has 2 N–H and O–H groups in total. The van der Waals surface area contributed by atoms with Crippen molar-refractivity contribution >= 4 is 17.4 Å². The van der Waals surface area contributed by atoms with Crippen molar-refractivity contribution in [2.45, 2.75) is 6.92 Å². The SMILES string of the molecule is Cc1nccn1-c1ccc(NC(=O)Nc2ccccc2F)cn1. The summed E-state index contributed by atoms with van der Waals surface area (Å²) in [6, 6.07) is 8.89. The van der Waals surface area contributed by atoms with Crippen LogP contribution in [0.3, 0.4) is 0 Å². The standard InChI is InChI=1S/C16H14FN5O/c1-11-18-8-9-22(11)15-7-6-12(10-19-15)20-16(23)21-14-5-3-2-4-13(14)17/h2-10H,1H3,(H2,20,21,23). The van der Waals surface area contributed by atoms with Crippen LogP contribution in [0.4, 0.5) is 20.6 Å². The molecule has 6 nitrogen and oxygen atoms in total. The van der Waals surface area contributed by atoms with Gasteiger partial charge in [0.2, 0.25) is 0 Å². The van der Waals surface area contributed by atoms with Crippen molar-refractivity contribution < 1.29 is 9.18 Å². The minimum absolute atomic E-state index is 0.114. The molecule has 3 aromatic rings. The predicted octanol–water partition coefficient (Wildman–Crippen LogP) is 3.36. The van der Waals surface area contributed by atoms with E-state index < -0.39 is 11.8 Å². The normalized spacial score (nSPS) is 10.3. The third-order valence-electron chi connectivity index (χ3n) is 3.20. The monoisotopic (exact) mass is 311 g/mol. The second-order valence-corrected chi connectivity index (χ2v) is 4.81. The maximum atomic E-state index is 13.5. The molecular weight excluding hydrogens is 297 g/mol. The Labute approximate surface area is 132 Å². The minimum Gasteiger partial charge on any atom is -0.306 e. The molecule has 1 aromatic carbocycles. The molecule has 2 aromatic heterocycles. The number of carbonyl (C=O) groups is 1. The topological polar surface area (TPSA) is 71.8 Å². The first-order valence-corrected chi connectivity index (χ1v) is 6.92. The molecule has 0 bridgehead atoms. The number of amides is 2. The van der Waals surface area contributed by atoms with Gasteiger partial charge in [0.15, 0.2) is 0 Å². The molecule has 0 atom stereocenters. The van der Waals surface area contributed by atoms with E-state index in [-0.39, 0.29) is 5.69 Å². The van der Waals surface area contributed by atoms with Gasteiger partial charge in [-0.1, -0.05) is 12.1 Å². The van der Waals surface area contributed by atoms with Crippen LogP contribution in [0.5, 0.6) is 0 Å². The minimum atomic E-state index is -0.538. The van der Waals surface area contributed by atoms with Gasteiger partial charge in [-0.3, -0.25) is 4.57 Å². The summed E-state index contributed by atoms with van der Waals surface area (Å²) in [6.45, 7) is 1.87. The number of carbonyl (C=O) groups excluding carboxylic acids is 1. The summed E-state index contributed by atoms with van der Waals surface area (Å²) in [5.74, 6) is 1.02. The van der Waals surface area contributed by atoms with Gasteiger partial charge in [-0.05, 0) is 31.2 Å². The van der Waals surface area contributed by atoms with Crippen molar-refractivity contribution in [3.63, 3.8) is 0 Å². The predicted molar refractivity (Wildman–Crippen MR) is 85.1 cm³/mol. The molecule has 2 heterocycles. The van der Waals surface area contributed by atoms with Gasteiger partial charge in [-0.25, -0.2) is 19.2 Å². The summed E-state index contributed by atoms with van der Waals surface area (Å²) in [4.78, 5) is 20.3. The molecular formula is C16H14FN5O. The highest BCUT2D eigenvalue weighted by Gasteiger charge is 2.07. The van der Waals surface area contributed by atoms with Crippen molar-refractivity contribution in [1.29, 1.82) is 0 Å². The van der Waals surface area contributed by atoms with Crippen molar-refractivity contribution in [2.24, 2.45) is 0 Å². The van der Waals surface area contributed by atoms with E-state index in [1.165, 1.54) is 18.3 Å². The summed E-state index contributed by atoms with van der Waals surface area (Å²) in [5.41, 5.74) is 0.615. The Morgan fingerprint density at radius 2 is 1.96 bits per heavy atom. The molecule has 2 amide bonds. The highest BCUT2D eigenvalue weighted by atomic mass is 19.1. The zero-order chi connectivity index (χ0) is 16.2. The van der Waals surface area contributed by atoms with Crippen LogP contribution >= 0.6 is 0 Å². The van der Waals surface area contributed by atoms with Crippen LogP contribution in [0.25, 0.3) is 5.82 Å². The van der Waals surface area contributed by atoms with Gasteiger partial charge in [-0.2, -0.15) is 0 Å². The first kappa shape index (κ1) is 14.7. The van der Waals surface area contributed by atoms with Crippen LogP contribution in [-0.4, -0.2) is 20.6 Å². The molecule has 0 saturated carbocycles. The number of nitrogens with zero attached hydrogens (tertiary/aromatic N) is 3. The fourth-order valence-electron chi connectivity index (χ4n) is 2.07. The number of anilines is 2. The molecule has 0 fully saturated rings. The second-order valence-electron chi connectivity index (χ2n) is 4.81. The number of para-hydroxylation sites is 1. The van der Waals surface area contributed by atoms with Crippen molar-refractivity contribution in [1.82, 2.24) is 14.5 Å². The number of aryl methyl sites for hydroxylation is 1. The second kappa shape index (κ2) is 6.27. The van der Waals surface area contributed by atoms with Gasteiger partial charge in [0.25, 0.3) is 0 Å². The molecule has 116 valence electrons. The lowest BCUT2D eigenvalue weighted by Crippen LogP contribution is -2.20. The first-order valence-electron chi connectivity index (χ1n) is 6.92. The molecule has 0 spiro atoms. The van der Waals surface area contributed by atoms with E-state index in [2.05, 4.69) is 20.6 Å². The Morgan fingerprint density at radius 3 is 2.61 bits per heavy atom. The first-order chi connectivity index (χ1) is 11.1. The fourth-order valence-corrected chi connectivity index (χ4v) is 2.07. The van der Waals surface area contributed by atoms with Crippen LogP contribution in [0.2, 0.25) is 0 Å². The Morgan fingerprint density at radius 1 is 1.13 bits per heavy atom. The highest BCUT2D eigenvalue weighted by molar-refractivity contribution is 5.99. The van der Waals surface area contributed by atoms with Gasteiger partial charge in [0.1, 0.15) is 17.5 Å². The lowest BCUT2D eigenvalue weighted by Gasteiger charge is -2.09. The fraction of sp³-hybridized carbons (Fsp3) is 0.0625. The van der Waals surface area contributed by atoms with Crippen LogP contribution in [0.15, 0.2) is 55.0 Å². The van der Waals surface area contributed by atoms with E-state index in [4.69, 9.17) is 0 Å². The number of hydrogen-bond donors (Lipinski definition) is 2. The number of nitrogens with one attached hydrogen (secondary N) is 2. The average molecular weight is 311 g/mol. The Balaban J connectivity index is 1.68.